The van der Waals surface area contributed by atoms with Gasteiger partial charge in [0.05, 0.1) is 15.0 Å². The number of carbonyl (C=O) groups excluding carboxylic acids is 3. The molecular weight excluding hydrogens is 428 g/mol. The van der Waals surface area contributed by atoms with Gasteiger partial charge in [0.2, 0.25) is 5.91 Å². The van der Waals surface area contributed by atoms with Crippen LogP contribution in [0.25, 0.3) is 0 Å². The van der Waals surface area contributed by atoms with Gasteiger partial charge in [0.25, 0.3) is 5.91 Å². The standard InChI is InChI=1S/C16H16N2O7S3/c1-8(19)25-5-9-6-27-15-12(14(21)18(15)13(9)16(22)23)17-10(20)7-28(24)11-3-2-4-26-11/h2-4,12,15H,5-7H2,1H3,(H,17,20)(H,22,23)/t12-,15-,28?/m1/s1. The number of rotatable bonds is 7. The number of nitrogens with zero attached hydrogens (tertiary/aromatic N) is 1. The average Bonchev–Trinajstić information content (AvgIpc) is 3.18. The van der Waals surface area contributed by atoms with Crippen LogP contribution < -0.4 is 5.32 Å². The maximum atomic E-state index is 12.5. The summed E-state index contributed by atoms with van der Waals surface area (Å²) in [5.41, 5.74) is 0.100. The van der Waals surface area contributed by atoms with Crippen LogP contribution in [0.3, 0.4) is 0 Å². The molecule has 3 atom stereocenters. The van der Waals surface area contributed by atoms with Crippen molar-refractivity contribution in [2.75, 3.05) is 18.1 Å². The summed E-state index contributed by atoms with van der Waals surface area (Å²) >= 11 is 2.54. The van der Waals surface area contributed by atoms with Crippen molar-refractivity contribution in [1.82, 2.24) is 10.2 Å². The molecule has 1 fully saturated rings. The highest BCUT2D eigenvalue weighted by Crippen LogP contribution is 2.40. The van der Waals surface area contributed by atoms with Gasteiger partial charge in [0, 0.05) is 18.2 Å². The van der Waals surface area contributed by atoms with Crippen LogP contribution in [0.2, 0.25) is 0 Å². The quantitative estimate of drug-likeness (QED) is 0.449. The number of thiophene rings is 1. The molecule has 9 nitrogen and oxygen atoms in total. The minimum Gasteiger partial charge on any atom is -0.477 e. The molecule has 2 N–H and O–H groups in total. The topological polar surface area (TPSA) is 130 Å². The molecule has 28 heavy (non-hydrogen) atoms. The highest BCUT2D eigenvalue weighted by molar-refractivity contribution is 8.00. The van der Waals surface area contributed by atoms with Crippen LogP contribution in [0.15, 0.2) is 33.0 Å². The second kappa shape index (κ2) is 8.45. The van der Waals surface area contributed by atoms with Gasteiger partial charge in [-0.05, 0) is 11.4 Å². The zero-order chi connectivity index (χ0) is 20.4. The number of amides is 2. The highest BCUT2D eigenvalue weighted by Gasteiger charge is 2.54. The molecule has 150 valence electrons. The van der Waals surface area contributed by atoms with Crippen molar-refractivity contribution >= 4 is 57.7 Å². The van der Waals surface area contributed by atoms with Crippen LogP contribution in [-0.4, -0.2) is 67.5 Å². The Balaban J connectivity index is 1.66. The molecule has 2 aliphatic heterocycles. The number of hydrogen-bond donors (Lipinski definition) is 2. The Bertz CT molecular complexity index is 881. The predicted molar refractivity (Wildman–Crippen MR) is 102 cm³/mol. The molecule has 12 heteroatoms. The molecule has 1 unspecified atom stereocenters. The molecule has 1 aromatic rings. The fraction of sp³-hybridized carbons (Fsp3) is 0.375. The third-order valence-corrected chi connectivity index (χ3v) is 7.95. The number of carboxylic acids is 1. The van der Waals surface area contributed by atoms with Crippen molar-refractivity contribution < 1.29 is 33.2 Å². The first-order chi connectivity index (χ1) is 13.3. The minimum absolute atomic E-state index is 0.211. The molecule has 0 bridgehead atoms. The third kappa shape index (κ3) is 4.13. The summed E-state index contributed by atoms with van der Waals surface area (Å²) in [7, 11) is -1.50. The Morgan fingerprint density at radius 3 is 2.79 bits per heavy atom. The van der Waals surface area contributed by atoms with Crippen molar-refractivity contribution in [2.45, 2.75) is 22.5 Å². The van der Waals surface area contributed by atoms with Crippen LogP contribution in [-0.2, 0) is 34.7 Å². The molecular formula is C16H16N2O7S3. The maximum absolute atomic E-state index is 12.5. The second-order valence-electron chi connectivity index (χ2n) is 5.91. The minimum atomic E-state index is -1.50. The molecule has 0 aromatic carbocycles. The number of hydrogen-bond acceptors (Lipinski definition) is 8. The zero-order valence-electron chi connectivity index (χ0n) is 14.6. The van der Waals surface area contributed by atoms with Crippen molar-refractivity contribution in [3.05, 3.63) is 28.8 Å². The Hall–Kier alpha value is -2.18. The van der Waals surface area contributed by atoms with Crippen LogP contribution in [0.4, 0.5) is 0 Å². The normalized spacial score (nSPS) is 22.2. The number of esters is 1. The number of nitrogens with one attached hydrogen (secondary N) is 1. The summed E-state index contributed by atoms with van der Waals surface area (Å²) in [6.45, 7) is 0.998. The first kappa shape index (κ1) is 20.6. The van der Waals surface area contributed by atoms with E-state index in [-0.39, 0.29) is 23.8 Å². The van der Waals surface area contributed by atoms with E-state index in [1.165, 1.54) is 30.0 Å². The molecule has 0 aliphatic carbocycles. The van der Waals surface area contributed by atoms with Gasteiger partial charge in [0.15, 0.2) is 0 Å². The summed E-state index contributed by atoms with van der Waals surface area (Å²) in [6, 6.07) is 2.51. The number of thioether (sulfide) groups is 1. The molecule has 3 heterocycles. The van der Waals surface area contributed by atoms with E-state index in [1.54, 1.807) is 17.5 Å². The smallest absolute Gasteiger partial charge is 0.352 e. The van der Waals surface area contributed by atoms with Crippen LogP contribution >= 0.6 is 23.1 Å². The molecule has 0 spiro atoms. The number of carbonyl (C=O) groups is 4. The van der Waals surface area contributed by atoms with E-state index >= 15 is 0 Å². The van der Waals surface area contributed by atoms with Crippen molar-refractivity contribution in [1.29, 1.82) is 0 Å². The summed E-state index contributed by atoms with van der Waals surface area (Å²) in [4.78, 5) is 48.3. The second-order valence-corrected chi connectivity index (χ2v) is 9.65. The zero-order valence-corrected chi connectivity index (χ0v) is 17.0. The summed E-state index contributed by atoms with van der Waals surface area (Å²) < 4.78 is 17.5. The van der Waals surface area contributed by atoms with Gasteiger partial charge >= 0.3 is 11.9 Å². The fourth-order valence-electron chi connectivity index (χ4n) is 2.78. The lowest BCUT2D eigenvalue weighted by Gasteiger charge is -2.49. The summed E-state index contributed by atoms with van der Waals surface area (Å²) in [6.07, 6.45) is 0. The van der Waals surface area contributed by atoms with Crippen molar-refractivity contribution in [2.24, 2.45) is 0 Å². The highest BCUT2D eigenvalue weighted by atomic mass is 32.2. The number of β-lactam (4-membered cyclic amide) rings is 1. The number of aliphatic carboxylic acids is 1. The number of ether oxygens (including phenoxy) is 1. The molecule has 1 saturated heterocycles. The largest absolute Gasteiger partial charge is 0.477 e. The maximum Gasteiger partial charge on any atom is 0.352 e. The Morgan fingerprint density at radius 2 is 2.18 bits per heavy atom. The van der Waals surface area contributed by atoms with Gasteiger partial charge in [-0.25, -0.2) is 4.79 Å². The summed E-state index contributed by atoms with van der Waals surface area (Å²) in [5.74, 6) is -2.99. The molecule has 1 aromatic heterocycles. The van der Waals surface area contributed by atoms with Gasteiger partial charge < -0.3 is 15.2 Å². The monoisotopic (exact) mass is 444 g/mol. The lowest BCUT2D eigenvalue weighted by atomic mass is 10.0. The first-order valence-electron chi connectivity index (χ1n) is 8.04. The molecule has 2 amide bonds. The van der Waals surface area contributed by atoms with Crippen LogP contribution in [0.1, 0.15) is 6.92 Å². The van der Waals surface area contributed by atoms with Gasteiger partial charge in [-0.15, -0.1) is 23.1 Å². The van der Waals surface area contributed by atoms with Crippen molar-refractivity contribution in [3.8, 4) is 0 Å². The summed E-state index contributed by atoms with van der Waals surface area (Å²) in [5, 5.41) is 13.2. The van der Waals surface area contributed by atoms with Crippen LogP contribution in [0, 0.1) is 0 Å². The number of carboxylic acid groups (broad SMARTS) is 1. The lowest BCUT2D eigenvalue weighted by Crippen LogP contribution is -2.70. The first-order valence-corrected chi connectivity index (χ1v) is 11.3. The van der Waals surface area contributed by atoms with E-state index in [0.29, 0.717) is 9.78 Å². The van der Waals surface area contributed by atoms with Gasteiger partial charge in [0.1, 0.15) is 29.5 Å². The van der Waals surface area contributed by atoms with E-state index < -0.39 is 46.0 Å². The predicted octanol–water partition coefficient (Wildman–Crippen LogP) is 0.157. The molecule has 0 radical (unpaired) electrons. The average molecular weight is 445 g/mol. The van der Waals surface area contributed by atoms with E-state index in [2.05, 4.69) is 5.32 Å². The Labute approximate surface area is 170 Å². The molecule has 3 rings (SSSR count). The Kier molecular flexibility index (Phi) is 6.20. The van der Waals surface area contributed by atoms with Crippen molar-refractivity contribution in [3.63, 3.8) is 0 Å². The van der Waals surface area contributed by atoms with E-state index in [1.807, 2.05) is 0 Å². The molecule has 0 saturated carbocycles. The fourth-order valence-corrected chi connectivity index (χ4v) is 6.02. The lowest BCUT2D eigenvalue weighted by molar-refractivity contribution is -0.150. The molecule has 2 aliphatic rings. The van der Waals surface area contributed by atoms with Crippen LogP contribution in [0.5, 0.6) is 0 Å². The van der Waals surface area contributed by atoms with Gasteiger partial charge in [-0.1, -0.05) is 6.07 Å². The van der Waals surface area contributed by atoms with E-state index in [4.69, 9.17) is 4.74 Å². The van der Waals surface area contributed by atoms with E-state index in [0.717, 1.165) is 4.90 Å². The van der Waals surface area contributed by atoms with Gasteiger partial charge in [-0.3, -0.25) is 23.5 Å². The van der Waals surface area contributed by atoms with E-state index in [9.17, 15) is 28.5 Å². The Morgan fingerprint density at radius 1 is 1.43 bits per heavy atom. The number of fused-ring (bicyclic) bond motifs is 1. The SMILES string of the molecule is CC(=O)OCC1=C(C(=O)O)N2C(=O)[C@@H](NC(=O)CS(=O)c3cccs3)[C@H]2SC1. The van der Waals surface area contributed by atoms with Gasteiger partial charge in [-0.2, -0.15) is 0 Å². The third-order valence-electron chi connectivity index (χ3n) is 4.00.